The van der Waals surface area contributed by atoms with Crippen molar-refractivity contribution in [2.24, 2.45) is 0 Å². The summed E-state index contributed by atoms with van der Waals surface area (Å²) in [6.45, 7) is 3.52. The number of carbonyl (C=O) groups excluding carboxylic acids is 1. The SMILES string of the molecule is CCS(=O)(=O)c1ccc(OC2CNCCC2N2CCCC2=O)c(F)c1. The predicted molar refractivity (Wildman–Crippen MR) is 90.8 cm³/mol. The molecule has 1 N–H and O–H groups in total. The van der Waals surface area contributed by atoms with Gasteiger partial charge in [0.2, 0.25) is 5.91 Å². The summed E-state index contributed by atoms with van der Waals surface area (Å²) in [5.41, 5.74) is 0. The summed E-state index contributed by atoms with van der Waals surface area (Å²) < 4.78 is 43.9. The smallest absolute Gasteiger partial charge is 0.223 e. The third kappa shape index (κ3) is 3.79. The Balaban J connectivity index is 1.79. The molecule has 0 aliphatic carbocycles. The first-order chi connectivity index (χ1) is 11.9. The van der Waals surface area contributed by atoms with Crippen LogP contribution < -0.4 is 10.1 Å². The molecule has 3 rings (SSSR count). The monoisotopic (exact) mass is 370 g/mol. The molecule has 8 heteroatoms. The van der Waals surface area contributed by atoms with Crippen LogP contribution in [0.5, 0.6) is 5.75 Å². The van der Waals surface area contributed by atoms with Gasteiger partial charge < -0.3 is 15.0 Å². The van der Waals surface area contributed by atoms with E-state index in [0.717, 1.165) is 25.5 Å². The van der Waals surface area contributed by atoms with Crippen LogP contribution in [0.15, 0.2) is 23.1 Å². The highest BCUT2D eigenvalue weighted by Gasteiger charge is 2.36. The van der Waals surface area contributed by atoms with Crippen LogP contribution in [-0.4, -0.2) is 56.8 Å². The summed E-state index contributed by atoms with van der Waals surface area (Å²) in [7, 11) is -3.46. The van der Waals surface area contributed by atoms with Gasteiger partial charge in [0.25, 0.3) is 0 Å². The maximum Gasteiger partial charge on any atom is 0.223 e. The van der Waals surface area contributed by atoms with Gasteiger partial charge in [-0.3, -0.25) is 4.79 Å². The lowest BCUT2D eigenvalue weighted by Gasteiger charge is -2.38. The Morgan fingerprint density at radius 3 is 2.84 bits per heavy atom. The number of piperidine rings is 1. The Morgan fingerprint density at radius 1 is 1.40 bits per heavy atom. The van der Waals surface area contributed by atoms with Crippen LogP contribution in [0.1, 0.15) is 26.2 Å². The minimum atomic E-state index is -3.46. The molecule has 2 heterocycles. The number of ether oxygens (including phenoxy) is 1. The summed E-state index contributed by atoms with van der Waals surface area (Å²) >= 11 is 0. The van der Waals surface area contributed by atoms with Crippen molar-refractivity contribution in [1.82, 2.24) is 10.2 Å². The first-order valence-corrected chi connectivity index (χ1v) is 10.3. The summed E-state index contributed by atoms with van der Waals surface area (Å²) in [6.07, 6.45) is 1.78. The van der Waals surface area contributed by atoms with Gasteiger partial charge in [0.05, 0.1) is 16.7 Å². The zero-order chi connectivity index (χ0) is 18.0. The van der Waals surface area contributed by atoms with Crippen molar-refractivity contribution in [3.8, 4) is 5.75 Å². The van der Waals surface area contributed by atoms with Crippen molar-refractivity contribution in [3.05, 3.63) is 24.0 Å². The van der Waals surface area contributed by atoms with E-state index in [1.54, 1.807) is 0 Å². The number of likely N-dealkylation sites (tertiary alicyclic amines) is 1. The number of rotatable bonds is 5. The van der Waals surface area contributed by atoms with Crippen molar-refractivity contribution >= 4 is 15.7 Å². The second-order valence-corrected chi connectivity index (χ2v) is 8.68. The van der Waals surface area contributed by atoms with E-state index in [4.69, 9.17) is 4.74 Å². The van der Waals surface area contributed by atoms with Gasteiger partial charge in [0.1, 0.15) is 6.10 Å². The average molecular weight is 370 g/mol. The molecule has 1 aromatic rings. The molecule has 0 saturated carbocycles. The number of sulfone groups is 1. The highest BCUT2D eigenvalue weighted by atomic mass is 32.2. The Labute approximate surface area is 147 Å². The molecule has 2 atom stereocenters. The van der Waals surface area contributed by atoms with E-state index in [2.05, 4.69) is 5.32 Å². The standard InChI is InChI=1S/C17H23FN2O4S/c1-2-25(22,23)12-5-6-15(13(18)10-12)24-16-11-19-8-7-14(16)20-9-3-4-17(20)21/h5-6,10,14,16,19H,2-4,7-9,11H2,1H3. The molecule has 0 spiro atoms. The first kappa shape index (κ1) is 18.1. The quantitative estimate of drug-likeness (QED) is 0.847. The molecule has 2 unspecified atom stereocenters. The summed E-state index contributed by atoms with van der Waals surface area (Å²) in [5, 5.41) is 3.21. The van der Waals surface area contributed by atoms with Crippen LogP contribution in [0.4, 0.5) is 4.39 Å². The second-order valence-electron chi connectivity index (χ2n) is 6.40. The van der Waals surface area contributed by atoms with Crippen LogP contribution in [0.25, 0.3) is 0 Å². The van der Waals surface area contributed by atoms with E-state index in [9.17, 15) is 17.6 Å². The number of halogens is 1. The number of hydrogen-bond donors (Lipinski definition) is 1. The van der Waals surface area contributed by atoms with Crippen LogP contribution in [-0.2, 0) is 14.6 Å². The number of nitrogens with zero attached hydrogens (tertiary/aromatic N) is 1. The molecule has 1 amide bonds. The number of benzene rings is 1. The van der Waals surface area contributed by atoms with Gasteiger partial charge in [-0.05, 0) is 37.6 Å². The normalized spacial score (nSPS) is 24.6. The van der Waals surface area contributed by atoms with Crippen molar-refractivity contribution in [2.45, 2.75) is 43.2 Å². The molecule has 2 fully saturated rings. The fraction of sp³-hybridized carbons (Fsp3) is 0.588. The van der Waals surface area contributed by atoms with E-state index >= 15 is 0 Å². The second kappa shape index (κ2) is 7.29. The molecule has 25 heavy (non-hydrogen) atoms. The third-order valence-corrected chi connectivity index (χ3v) is 6.55. The largest absolute Gasteiger partial charge is 0.484 e. The van der Waals surface area contributed by atoms with E-state index in [-0.39, 0.29) is 34.5 Å². The Bertz CT molecular complexity index is 753. The molecule has 2 saturated heterocycles. The average Bonchev–Trinajstić information content (AvgIpc) is 3.03. The van der Waals surface area contributed by atoms with Gasteiger partial charge >= 0.3 is 0 Å². The van der Waals surface area contributed by atoms with Gasteiger partial charge in [-0.2, -0.15) is 0 Å². The fourth-order valence-corrected chi connectivity index (χ4v) is 4.30. The molecule has 1 aromatic carbocycles. The van der Waals surface area contributed by atoms with Crippen molar-refractivity contribution in [1.29, 1.82) is 0 Å². The lowest BCUT2D eigenvalue weighted by atomic mass is 10.0. The highest BCUT2D eigenvalue weighted by Crippen LogP contribution is 2.27. The molecule has 2 aliphatic heterocycles. The molecule has 0 aromatic heterocycles. The maximum absolute atomic E-state index is 14.4. The van der Waals surface area contributed by atoms with Gasteiger partial charge in [-0.25, -0.2) is 12.8 Å². The first-order valence-electron chi connectivity index (χ1n) is 8.61. The van der Waals surface area contributed by atoms with Crippen LogP contribution in [0, 0.1) is 5.82 Å². The van der Waals surface area contributed by atoms with Gasteiger partial charge in [-0.15, -0.1) is 0 Å². The number of hydrogen-bond acceptors (Lipinski definition) is 5. The van der Waals surface area contributed by atoms with Gasteiger partial charge in [0, 0.05) is 19.5 Å². The molecular formula is C17H23FN2O4S. The zero-order valence-corrected chi connectivity index (χ0v) is 15.0. The minimum absolute atomic E-state index is 0.0143. The molecule has 2 aliphatic rings. The van der Waals surface area contributed by atoms with E-state index in [1.165, 1.54) is 19.1 Å². The number of nitrogens with one attached hydrogen (secondary N) is 1. The topological polar surface area (TPSA) is 75.7 Å². The lowest BCUT2D eigenvalue weighted by Crippen LogP contribution is -2.55. The molecule has 138 valence electrons. The Morgan fingerprint density at radius 2 is 2.20 bits per heavy atom. The minimum Gasteiger partial charge on any atom is -0.484 e. The lowest BCUT2D eigenvalue weighted by molar-refractivity contribution is -0.132. The molecule has 0 radical (unpaired) electrons. The molecule has 6 nitrogen and oxygen atoms in total. The summed E-state index contributed by atoms with van der Waals surface area (Å²) in [5.74, 6) is -0.657. The van der Waals surface area contributed by atoms with Crippen LogP contribution in [0.3, 0.4) is 0 Å². The maximum atomic E-state index is 14.4. The van der Waals surface area contributed by atoms with Crippen LogP contribution in [0.2, 0.25) is 0 Å². The van der Waals surface area contributed by atoms with E-state index in [0.29, 0.717) is 19.5 Å². The van der Waals surface area contributed by atoms with E-state index in [1.807, 2.05) is 4.90 Å². The molecular weight excluding hydrogens is 347 g/mol. The van der Waals surface area contributed by atoms with Crippen molar-refractivity contribution < 1.29 is 22.3 Å². The summed E-state index contributed by atoms with van der Waals surface area (Å²) in [4.78, 5) is 13.8. The van der Waals surface area contributed by atoms with Gasteiger partial charge in [0.15, 0.2) is 21.4 Å². The van der Waals surface area contributed by atoms with E-state index < -0.39 is 15.7 Å². The van der Waals surface area contributed by atoms with Crippen LogP contribution >= 0.6 is 0 Å². The number of carbonyl (C=O) groups is 1. The highest BCUT2D eigenvalue weighted by molar-refractivity contribution is 7.91. The summed E-state index contributed by atoms with van der Waals surface area (Å²) in [6, 6.07) is 3.63. The predicted octanol–water partition coefficient (Wildman–Crippen LogP) is 1.35. The Kier molecular flexibility index (Phi) is 5.29. The third-order valence-electron chi connectivity index (χ3n) is 4.82. The molecule has 0 bridgehead atoms. The Hall–Kier alpha value is -1.67. The zero-order valence-electron chi connectivity index (χ0n) is 14.2. The number of amides is 1. The van der Waals surface area contributed by atoms with Crippen molar-refractivity contribution in [3.63, 3.8) is 0 Å². The van der Waals surface area contributed by atoms with Crippen molar-refractivity contribution in [2.75, 3.05) is 25.4 Å². The fourth-order valence-electron chi connectivity index (χ4n) is 3.41. The van der Waals surface area contributed by atoms with Gasteiger partial charge in [-0.1, -0.05) is 6.92 Å².